The van der Waals surface area contributed by atoms with Crippen LogP contribution in [0.15, 0.2) is 43.1 Å². The number of nitrogens with zero attached hydrogens (tertiary/aromatic N) is 2. The van der Waals surface area contributed by atoms with Crippen LogP contribution in [0.25, 0.3) is 0 Å². The van der Waals surface area contributed by atoms with Gasteiger partial charge in [-0.2, -0.15) is 5.10 Å². The fourth-order valence-corrected chi connectivity index (χ4v) is 0.608. The molecule has 0 aliphatic heterocycles. The van der Waals surface area contributed by atoms with E-state index in [9.17, 15) is 0 Å². The zero-order valence-corrected chi connectivity index (χ0v) is 6.74. The quantitative estimate of drug-likeness (QED) is 0.320. The Labute approximate surface area is 68.2 Å². The van der Waals surface area contributed by atoms with Crippen molar-refractivity contribution < 1.29 is 0 Å². The van der Waals surface area contributed by atoms with Crippen LogP contribution in [0.4, 0.5) is 0 Å². The molecule has 0 spiro atoms. The summed E-state index contributed by atoms with van der Waals surface area (Å²) in [4.78, 5) is 0. The van der Waals surface area contributed by atoms with Crippen LogP contribution in [0.1, 0.15) is 0 Å². The second-order valence-corrected chi connectivity index (χ2v) is 1.95. The molecule has 11 heavy (non-hydrogen) atoms. The molecule has 2 heteroatoms. The highest BCUT2D eigenvalue weighted by atomic mass is 15.4. The molecular formula is C9H14N2. The monoisotopic (exact) mass is 150 g/mol. The van der Waals surface area contributed by atoms with Crippen LogP contribution in [0.3, 0.4) is 0 Å². The molecule has 0 heterocycles. The van der Waals surface area contributed by atoms with Gasteiger partial charge < -0.3 is 0 Å². The van der Waals surface area contributed by atoms with Gasteiger partial charge in [-0.3, -0.25) is 5.01 Å². The topological polar surface area (TPSA) is 15.6 Å². The highest BCUT2D eigenvalue weighted by Crippen LogP contribution is 1.88. The van der Waals surface area contributed by atoms with Crippen molar-refractivity contribution >= 4 is 6.21 Å². The third kappa shape index (κ3) is 5.15. The number of allylic oxidation sites excluding steroid dienone is 1. The van der Waals surface area contributed by atoms with Crippen molar-refractivity contribution in [1.29, 1.82) is 0 Å². The minimum Gasteiger partial charge on any atom is -0.289 e. The second kappa shape index (κ2) is 6.81. The molecule has 0 aromatic heterocycles. The van der Waals surface area contributed by atoms with Gasteiger partial charge in [-0.25, -0.2) is 0 Å². The molecule has 60 valence electrons. The first-order valence-electron chi connectivity index (χ1n) is 3.47. The number of hydrogen-bond donors (Lipinski definition) is 0. The van der Waals surface area contributed by atoms with Crippen LogP contribution in [-0.4, -0.2) is 24.3 Å². The average Bonchev–Trinajstić information content (AvgIpc) is 2.01. The normalized spacial score (nSPS) is 9.45. The molecule has 0 aromatic carbocycles. The van der Waals surface area contributed by atoms with E-state index in [0.717, 1.165) is 13.1 Å². The fraction of sp³-hybridized carbons (Fsp3) is 0.222. The van der Waals surface area contributed by atoms with E-state index in [1.807, 2.05) is 5.01 Å². The maximum atomic E-state index is 4.07. The third-order valence-corrected chi connectivity index (χ3v) is 1.02. The van der Waals surface area contributed by atoms with Crippen LogP contribution in [0, 0.1) is 0 Å². The molecule has 2 nitrogen and oxygen atoms in total. The molecule has 0 N–H and O–H groups in total. The predicted molar refractivity (Wildman–Crippen MR) is 50.7 cm³/mol. The molecular weight excluding hydrogens is 136 g/mol. The van der Waals surface area contributed by atoms with Crippen molar-refractivity contribution in [3.05, 3.63) is 38.0 Å². The number of hydrogen-bond acceptors (Lipinski definition) is 2. The van der Waals surface area contributed by atoms with Crippen molar-refractivity contribution in [2.75, 3.05) is 13.1 Å². The van der Waals surface area contributed by atoms with Gasteiger partial charge in [0.1, 0.15) is 0 Å². The van der Waals surface area contributed by atoms with Gasteiger partial charge in [-0.1, -0.05) is 18.7 Å². The van der Waals surface area contributed by atoms with E-state index >= 15 is 0 Å². The second-order valence-electron chi connectivity index (χ2n) is 1.95. The average molecular weight is 150 g/mol. The van der Waals surface area contributed by atoms with E-state index < -0.39 is 0 Å². The molecule has 0 aliphatic carbocycles. The molecule has 0 bridgehead atoms. The van der Waals surface area contributed by atoms with Crippen molar-refractivity contribution in [1.82, 2.24) is 5.01 Å². The standard InChI is InChI=1S/C9H14N2/c1-4-7-10-11(8-5-2)9-6-3/h4-7H,1-3,8-9H2/b10-7+. The predicted octanol–water partition coefficient (Wildman–Crippen LogP) is 1.83. The largest absolute Gasteiger partial charge is 0.289 e. The summed E-state index contributed by atoms with van der Waals surface area (Å²) in [5, 5.41) is 5.90. The summed E-state index contributed by atoms with van der Waals surface area (Å²) >= 11 is 0. The lowest BCUT2D eigenvalue weighted by Crippen LogP contribution is -2.16. The van der Waals surface area contributed by atoms with Crippen molar-refractivity contribution in [2.45, 2.75) is 0 Å². The Morgan fingerprint density at radius 1 is 1.09 bits per heavy atom. The lowest BCUT2D eigenvalue weighted by atomic mass is 10.5. The zero-order valence-electron chi connectivity index (χ0n) is 6.74. The van der Waals surface area contributed by atoms with Gasteiger partial charge in [0.25, 0.3) is 0 Å². The van der Waals surface area contributed by atoms with Crippen LogP contribution in [-0.2, 0) is 0 Å². The third-order valence-electron chi connectivity index (χ3n) is 1.02. The minimum absolute atomic E-state index is 0.732. The first-order chi connectivity index (χ1) is 5.35. The Morgan fingerprint density at radius 3 is 2.00 bits per heavy atom. The van der Waals surface area contributed by atoms with Crippen LogP contribution >= 0.6 is 0 Å². The smallest absolute Gasteiger partial charge is 0.0542 e. The summed E-state index contributed by atoms with van der Waals surface area (Å²) in [6.45, 7) is 12.2. The molecule has 0 saturated heterocycles. The lowest BCUT2D eigenvalue weighted by Gasteiger charge is -2.13. The van der Waals surface area contributed by atoms with Gasteiger partial charge in [0.2, 0.25) is 0 Å². The van der Waals surface area contributed by atoms with Gasteiger partial charge in [0, 0.05) is 6.21 Å². The van der Waals surface area contributed by atoms with Crippen molar-refractivity contribution in [3.63, 3.8) is 0 Å². The van der Waals surface area contributed by atoms with E-state index in [1.165, 1.54) is 0 Å². The van der Waals surface area contributed by atoms with Gasteiger partial charge in [0.15, 0.2) is 0 Å². The first-order valence-corrected chi connectivity index (χ1v) is 3.47. The minimum atomic E-state index is 0.732. The Kier molecular flexibility index (Phi) is 5.99. The summed E-state index contributed by atoms with van der Waals surface area (Å²) in [6.07, 6.45) is 6.88. The Balaban J connectivity index is 3.85. The number of hydrazone groups is 1. The highest BCUT2D eigenvalue weighted by molar-refractivity contribution is 5.69. The Bertz CT molecular complexity index is 149. The molecule has 0 amide bonds. The Hall–Kier alpha value is -1.31. The van der Waals surface area contributed by atoms with Crippen LogP contribution in [0.2, 0.25) is 0 Å². The molecule has 0 unspecified atom stereocenters. The SMILES string of the molecule is C=C/C=N/N(CC=C)CC=C. The molecule has 0 saturated carbocycles. The van der Waals surface area contributed by atoms with Crippen LogP contribution in [0.5, 0.6) is 0 Å². The molecule has 0 aliphatic rings. The van der Waals surface area contributed by atoms with E-state index in [4.69, 9.17) is 0 Å². The van der Waals surface area contributed by atoms with Crippen molar-refractivity contribution in [3.8, 4) is 0 Å². The molecule has 0 aromatic rings. The maximum Gasteiger partial charge on any atom is 0.0542 e. The summed E-state index contributed by atoms with van der Waals surface area (Å²) in [6, 6.07) is 0. The van der Waals surface area contributed by atoms with E-state index in [2.05, 4.69) is 24.8 Å². The van der Waals surface area contributed by atoms with Gasteiger partial charge >= 0.3 is 0 Å². The van der Waals surface area contributed by atoms with Gasteiger partial charge in [-0.05, 0) is 6.08 Å². The van der Waals surface area contributed by atoms with Gasteiger partial charge in [-0.15, -0.1) is 13.2 Å². The van der Waals surface area contributed by atoms with E-state index in [0.29, 0.717) is 0 Å². The highest BCUT2D eigenvalue weighted by Gasteiger charge is 1.90. The van der Waals surface area contributed by atoms with Crippen molar-refractivity contribution in [2.24, 2.45) is 5.10 Å². The van der Waals surface area contributed by atoms with Gasteiger partial charge in [0.05, 0.1) is 13.1 Å². The first kappa shape index (κ1) is 9.69. The molecule has 0 atom stereocenters. The Morgan fingerprint density at radius 2 is 1.64 bits per heavy atom. The molecule has 0 fully saturated rings. The lowest BCUT2D eigenvalue weighted by molar-refractivity contribution is 0.358. The summed E-state index contributed by atoms with van der Waals surface area (Å²) in [5.74, 6) is 0. The number of rotatable bonds is 6. The fourth-order valence-electron chi connectivity index (χ4n) is 0.608. The summed E-state index contributed by atoms with van der Waals surface area (Å²) in [5.41, 5.74) is 0. The molecule has 0 rings (SSSR count). The summed E-state index contributed by atoms with van der Waals surface area (Å²) < 4.78 is 0. The van der Waals surface area contributed by atoms with Crippen LogP contribution < -0.4 is 0 Å². The van der Waals surface area contributed by atoms with E-state index in [-0.39, 0.29) is 0 Å². The zero-order chi connectivity index (χ0) is 8.53. The maximum absolute atomic E-state index is 4.07. The van der Waals surface area contributed by atoms with E-state index in [1.54, 1.807) is 24.4 Å². The summed E-state index contributed by atoms with van der Waals surface area (Å²) in [7, 11) is 0. The molecule has 0 radical (unpaired) electrons.